The second-order valence-corrected chi connectivity index (χ2v) is 8.42. The monoisotopic (exact) mass is 386 g/mol. The van der Waals surface area contributed by atoms with E-state index < -0.39 is 0 Å². The van der Waals surface area contributed by atoms with Gasteiger partial charge in [-0.25, -0.2) is 0 Å². The normalized spacial score (nSPS) is 11.3. The van der Waals surface area contributed by atoms with Crippen LogP contribution in [0.25, 0.3) is 43.8 Å². The van der Waals surface area contributed by atoms with Crippen LogP contribution in [0.15, 0.2) is 84.9 Å². The summed E-state index contributed by atoms with van der Waals surface area (Å²) in [5.41, 5.74) is 10.7. The molecule has 0 heteroatoms. The second kappa shape index (κ2) is 7.15. The largest absolute Gasteiger partial charge is 0.0616 e. The third kappa shape index (κ3) is 2.92. The topological polar surface area (TPSA) is 0 Å². The van der Waals surface area contributed by atoms with Gasteiger partial charge in [-0.3, -0.25) is 0 Å². The van der Waals surface area contributed by atoms with Gasteiger partial charge < -0.3 is 0 Å². The van der Waals surface area contributed by atoms with Crippen LogP contribution in [0.3, 0.4) is 0 Å². The molecule has 0 atom stereocenters. The maximum atomic E-state index is 2.41. The average molecular weight is 387 g/mol. The summed E-state index contributed by atoms with van der Waals surface area (Å²) in [5, 5.41) is 5.25. The van der Waals surface area contributed by atoms with Crippen LogP contribution in [0.5, 0.6) is 0 Å². The SMILES string of the molecule is Cc1cc(C)c(-c2c(C)ccc3ccccc23)cc1-c1ccc2ccccc2c1C. The van der Waals surface area contributed by atoms with Gasteiger partial charge >= 0.3 is 0 Å². The Kier molecular flexibility index (Phi) is 4.44. The molecule has 0 aliphatic carbocycles. The molecule has 0 saturated heterocycles. The van der Waals surface area contributed by atoms with Crippen LogP contribution < -0.4 is 0 Å². The van der Waals surface area contributed by atoms with Crippen molar-refractivity contribution in [2.24, 2.45) is 0 Å². The molecular formula is C30H26. The summed E-state index contributed by atoms with van der Waals surface area (Å²) in [6.07, 6.45) is 0. The molecule has 0 spiro atoms. The fraction of sp³-hybridized carbons (Fsp3) is 0.133. The van der Waals surface area contributed by atoms with Crippen LogP contribution in [0.2, 0.25) is 0 Å². The van der Waals surface area contributed by atoms with Gasteiger partial charge in [0, 0.05) is 0 Å². The van der Waals surface area contributed by atoms with Gasteiger partial charge in [-0.05, 0) is 99.8 Å². The van der Waals surface area contributed by atoms with E-state index in [1.165, 1.54) is 66.1 Å². The van der Waals surface area contributed by atoms with E-state index in [1.807, 2.05) is 0 Å². The van der Waals surface area contributed by atoms with Crippen molar-refractivity contribution < 1.29 is 0 Å². The van der Waals surface area contributed by atoms with Gasteiger partial charge in [0.1, 0.15) is 0 Å². The Morgan fingerprint density at radius 3 is 1.80 bits per heavy atom. The zero-order chi connectivity index (χ0) is 20.8. The highest BCUT2D eigenvalue weighted by molar-refractivity contribution is 6.00. The Morgan fingerprint density at radius 1 is 0.433 bits per heavy atom. The standard InChI is InChI=1S/C30H26/c1-19-13-14-24-10-6-8-12-27(24)30(19)29-18-28(20(2)17-21(29)3)26-16-15-23-9-5-7-11-25(23)22(26)4/h5-18H,1-4H3. The van der Waals surface area contributed by atoms with Gasteiger partial charge in [-0.2, -0.15) is 0 Å². The van der Waals surface area contributed by atoms with Crippen molar-refractivity contribution in [1.82, 2.24) is 0 Å². The van der Waals surface area contributed by atoms with Crippen LogP contribution >= 0.6 is 0 Å². The van der Waals surface area contributed by atoms with Crippen LogP contribution in [0.1, 0.15) is 22.3 Å². The summed E-state index contributed by atoms with van der Waals surface area (Å²) in [4.78, 5) is 0. The van der Waals surface area contributed by atoms with Crippen molar-refractivity contribution in [2.45, 2.75) is 27.7 Å². The smallest absolute Gasteiger partial charge is 0.00732 e. The molecule has 0 saturated carbocycles. The van der Waals surface area contributed by atoms with Crippen molar-refractivity contribution in [3.63, 3.8) is 0 Å². The predicted octanol–water partition coefficient (Wildman–Crippen LogP) is 8.56. The molecule has 0 unspecified atom stereocenters. The van der Waals surface area contributed by atoms with Crippen LogP contribution in [-0.4, -0.2) is 0 Å². The zero-order valence-electron chi connectivity index (χ0n) is 18.1. The average Bonchev–Trinajstić information content (AvgIpc) is 2.75. The summed E-state index contributed by atoms with van der Waals surface area (Å²) in [7, 11) is 0. The van der Waals surface area contributed by atoms with Gasteiger partial charge in [-0.1, -0.05) is 78.9 Å². The highest BCUT2D eigenvalue weighted by atomic mass is 14.2. The van der Waals surface area contributed by atoms with Gasteiger partial charge in [0.25, 0.3) is 0 Å². The fourth-order valence-electron chi connectivity index (χ4n) is 4.87. The fourth-order valence-corrected chi connectivity index (χ4v) is 4.87. The number of hydrogen-bond donors (Lipinski definition) is 0. The van der Waals surface area contributed by atoms with Crippen molar-refractivity contribution in [3.8, 4) is 22.3 Å². The molecule has 5 aromatic carbocycles. The van der Waals surface area contributed by atoms with Crippen molar-refractivity contribution >= 4 is 21.5 Å². The number of benzene rings is 5. The summed E-state index contributed by atoms with van der Waals surface area (Å²) in [6.45, 7) is 8.94. The lowest BCUT2D eigenvalue weighted by atomic mass is 9.86. The van der Waals surface area contributed by atoms with E-state index in [0.29, 0.717) is 0 Å². The van der Waals surface area contributed by atoms with Crippen LogP contribution in [0.4, 0.5) is 0 Å². The quantitative estimate of drug-likeness (QED) is 0.285. The van der Waals surface area contributed by atoms with E-state index in [0.717, 1.165) is 0 Å². The molecule has 0 fully saturated rings. The lowest BCUT2D eigenvalue weighted by Crippen LogP contribution is -1.95. The molecule has 0 nitrogen and oxygen atoms in total. The second-order valence-electron chi connectivity index (χ2n) is 8.42. The lowest BCUT2D eigenvalue weighted by molar-refractivity contribution is 1.36. The number of hydrogen-bond acceptors (Lipinski definition) is 0. The van der Waals surface area contributed by atoms with E-state index in [4.69, 9.17) is 0 Å². The number of aryl methyl sites for hydroxylation is 4. The molecule has 146 valence electrons. The summed E-state index contributed by atoms with van der Waals surface area (Å²) >= 11 is 0. The minimum absolute atomic E-state index is 1.29. The van der Waals surface area contributed by atoms with Crippen molar-refractivity contribution in [2.75, 3.05) is 0 Å². The molecule has 0 amide bonds. The molecule has 0 heterocycles. The van der Waals surface area contributed by atoms with E-state index >= 15 is 0 Å². The summed E-state index contributed by atoms with van der Waals surface area (Å²) in [5.74, 6) is 0. The number of fused-ring (bicyclic) bond motifs is 2. The molecule has 0 N–H and O–H groups in total. The summed E-state index contributed by atoms with van der Waals surface area (Å²) in [6, 6.07) is 31.2. The Hall–Kier alpha value is -3.38. The molecule has 0 aliphatic rings. The van der Waals surface area contributed by atoms with Crippen LogP contribution in [-0.2, 0) is 0 Å². The highest BCUT2D eigenvalue weighted by Crippen LogP contribution is 2.39. The molecule has 0 aliphatic heterocycles. The van der Waals surface area contributed by atoms with E-state index in [2.05, 4.69) is 113 Å². The summed E-state index contributed by atoms with van der Waals surface area (Å²) < 4.78 is 0. The molecule has 30 heavy (non-hydrogen) atoms. The highest BCUT2D eigenvalue weighted by Gasteiger charge is 2.15. The molecule has 5 aromatic rings. The molecule has 0 radical (unpaired) electrons. The third-order valence-electron chi connectivity index (χ3n) is 6.47. The van der Waals surface area contributed by atoms with Crippen molar-refractivity contribution in [1.29, 1.82) is 0 Å². The maximum absolute atomic E-state index is 2.41. The first kappa shape index (κ1) is 18.6. The molecule has 0 aromatic heterocycles. The number of rotatable bonds is 2. The third-order valence-corrected chi connectivity index (χ3v) is 6.47. The molecule has 5 rings (SSSR count). The van der Waals surface area contributed by atoms with E-state index in [-0.39, 0.29) is 0 Å². The first-order valence-electron chi connectivity index (χ1n) is 10.6. The van der Waals surface area contributed by atoms with Gasteiger partial charge in [0.05, 0.1) is 0 Å². The predicted molar refractivity (Wildman–Crippen MR) is 131 cm³/mol. The Balaban J connectivity index is 1.80. The minimum atomic E-state index is 1.29. The van der Waals surface area contributed by atoms with Gasteiger partial charge in [0.15, 0.2) is 0 Å². The Morgan fingerprint density at radius 2 is 1.03 bits per heavy atom. The van der Waals surface area contributed by atoms with E-state index in [1.54, 1.807) is 0 Å². The molecule has 0 bridgehead atoms. The van der Waals surface area contributed by atoms with Crippen molar-refractivity contribution in [3.05, 3.63) is 107 Å². The lowest BCUT2D eigenvalue weighted by Gasteiger charge is -2.18. The first-order valence-corrected chi connectivity index (χ1v) is 10.6. The van der Waals surface area contributed by atoms with E-state index in [9.17, 15) is 0 Å². The Labute approximate surface area is 178 Å². The Bertz CT molecular complexity index is 1420. The zero-order valence-corrected chi connectivity index (χ0v) is 18.1. The minimum Gasteiger partial charge on any atom is -0.0616 e. The first-order chi connectivity index (χ1) is 14.5. The van der Waals surface area contributed by atoms with Gasteiger partial charge in [0.2, 0.25) is 0 Å². The van der Waals surface area contributed by atoms with Gasteiger partial charge in [-0.15, -0.1) is 0 Å². The maximum Gasteiger partial charge on any atom is -0.00732 e. The molecular weight excluding hydrogens is 360 g/mol. The van der Waals surface area contributed by atoms with Crippen LogP contribution in [0, 0.1) is 27.7 Å².